The molecule has 0 spiro atoms. The topological polar surface area (TPSA) is 49.5 Å². The van der Waals surface area contributed by atoms with Crippen molar-refractivity contribution < 1.29 is 9.52 Å². The normalized spacial score (nSPS) is 17.2. The van der Waals surface area contributed by atoms with Crippen LogP contribution in [0, 0.1) is 0 Å². The molecule has 0 unspecified atom stereocenters. The van der Waals surface area contributed by atoms with Crippen LogP contribution >= 0.6 is 0 Å². The van der Waals surface area contributed by atoms with Crippen molar-refractivity contribution in [1.82, 2.24) is 4.98 Å². The standard InChI is InChI=1S/C8H12N2O2/c11-5-7-6-12-8(9-7)10-3-1-2-4-10/h6,11H,1-5H2. The van der Waals surface area contributed by atoms with E-state index in [1.54, 1.807) is 0 Å². The summed E-state index contributed by atoms with van der Waals surface area (Å²) in [6.45, 7) is 1.99. The smallest absolute Gasteiger partial charge is 0.297 e. The number of aliphatic hydroxyl groups is 1. The summed E-state index contributed by atoms with van der Waals surface area (Å²) < 4.78 is 5.19. The molecule has 12 heavy (non-hydrogen) atoms. The average molecular weight is 168 g/mol. The van der Waals surface area contributed by atoms with Gasteiger partial charge in [0.05, 0.1) is 6.61 Å². The van der Waals surface area contributed by atoms with Crippen molar-refractivity contribution >= 4 is 6.01 Å². The van der Waals surface area contributed by atoms with Crippen molar-refractivity contribution in [3.05, 3.63) is 12.0 Å². The van der Waals surface area contributed by atoms with Crippen LogP contribution in [-0.4, -0.2) is 23.2 Å². The summed E-state index contributed by atoms with van der Waals surface area (Å²) in [5.41, 5.74) is 0.608. The molecule has 4 nitrogen and oxygen atoms in total. The highest BCUT2D eigenvalue weighted by molar-refractivity contribution is 5.27. The molecule has 2 rings (SSSR count). The van der Waals surface area contributed by atoms with Crippen LogP contribution in [-0.2, 0) is 6.61 Å². The van der Waals surface area contributed by atoms with Crippen LogP contribution in [0.15, 0.2) is 10.7 Å². The van der Waals surface area contributed by atoms with E-state index in [2.05, 4.69) is 9.88 Å². The first-order valence-electron chi connectivity index (χ1n) is 4.20. The van der Waals surface area contributed by atoms with Crippen LogP contribution in [0.1, 0.15) is 18.5 Å². The predicted octanol–water partition coefficient (Wildman–Crippen LogP) is 0.767. The van der Waals surface area contributed by atoms with Gasteiger partial charge in [-0.05, 0) is 12.8 Å². The van der Waals surface area contributed by atoms with Crippen molar-refractivity contribution in [2.45, 2.75) is 19.4 Å². The van der Waals surface area contributed by atoms with E-state index in [4.69, 9.17) is 9.52 Å². The highest BCUT2D eigenvalue weighted by atomic mass is 16.4. The minimum atomic E-state index is -0.0443. The summed E-state index contributed by atoms with van der Waals surface area (Å²) in [4.78, 5) is 6.22. The molecule has 0 aromatic carbocycles. The second-order valence-corrected chi connectivity index (χ2v) is 2.97. The molecule has 66 valence electrons. The summed E-state index contributed by atoms with van der Waals surface area (Å²) in [6.07, 6.45) is 3.92. The minimum Gasteiger partial charge on any atom is -0.432 e. The maximum atomic E-state index is 8.75. The van der Waals surface area contributed by atoms with E-state index in [0.717, 1.165) is 13.1 Å². The molecule has 0 atom stereocenters. The van der Waals surface area contributed by atoms with E-state index in [1.807, 2.05) is 0 Å². The Morgan fingerprint density at radius 1 is 1.50 bits per heavy atom. The fraction of sp³-hybridized carbons (Fsp3) is 0.625. The van der Waals surface area contributed by atoms with Crippen LogP contribution in [0.25, 0.3) is 0 Å². The van der Waals surface area contributed by atoms with Crippen molar-refractivity contribution in [1.29, 1.82) is 0 Å². The zero-order valence-corrected chi connectivity index (χ0v) is 6.86. The van der Waals surface area contributed by atoms with Crippen LogP contribution in [0.2, 0.25) is 0 Å². The van der Waals surface area contributed by atoms with E-state index in [9.17, 15) is 0 Å². The van der Waals surface area contributed by atoms with Gasteiger partial charge in [-0.25, -0.2) is 0 Å². The molecule has 1 saturated heterocycles. The van der Waals surface area contributed by atoms with Gasteiger partial charge in [-0.15, -0.1) is 0 Å². The van der Waals surface area contributed by atoms with E-state index in [-0.39, 0.29) is 6.61 Å². The van der Waals surface area contributed by atoms with Gasteiger partial charge in [-0.2, -0.15) is 4.98 Å². The Morgan fingerprint density at radius 2 is 2.25 bits per heavy atom. The van der Waals surface area contributed by atoms with E-state index >= 15 is 0 Å². The maximum Gasteiger partial charge on any atom is 0.297 e. The molecule has 1 aliphatic rings. The molecule has 2 heterocycles. The lowest BCUT2D eigenvalue weighted by atomic mass is 10.4. The van der Waals surface area contributed by atoms with Crippen LogP contribution in [0.5, 0.6) is 0 Å². The Hall–Kier alpha value is -1.03. The van der Waals surface area contributed by atoms with Gasteiger partial charge in [0, 0.05) is 13.1 Å². The molecule has 1 aromatic rings. The first kappa shape index (κ1) is 7.61. The minimum absolute atomic E-state index is 0.0443. The summed E-state index contributed by atoms with van der Waals surface area (Å²) in [5.74, 6) is 0. The van der Waals surface area contributed by atoms with Crippen molar-refractivity contribution in [3.63, 3.8) is 0 Å². The average Bonchev–Trinajstić information content (AvgIpc) is 2.75. The molecule has 0 aliphatic carbocycles. The number of aromatic nitrogens is 1. The number of rotatable bonds is 2. The second kappa shape index (κ2) is 3.15. The second-order valence-electron chi connectivity index (χ2n) is 2.97. The summed E-state index contributed by atoms with van der Waals surface area (Å²) in [5, 5.41) is 8.75. The number of anilines is 1. The monoisotopic (exact) mass is 168 g/mol. The van der Waals surface area contributed by atoms with Crippen LogP contribution in [0.4, 0.5) is 6.01 Å². The Morgan fingerprint density at radius 3 is 2.83 bits per heavy atom. The van der Waals surface area contributed by atoms with Gasteiger partial charge < -0.3 is 14.4 Å². The lowest BCUT2D eigenvalue weighted by Crippen LogP contribution is -2.17. The zero-order valence-electron chi connectivity index (χ0n) is 6.86. The molecule has 1 aromatic heterocycles. The molecule has 1 fully saturated rings. The van der Waals surface area contributed by atoms with Gasteiger partial charge in [0.2, 0.25) is 0 Å². The van der Waals surface area contributed by atoms with Gasteiger partial charge in [0.15, 0.2) is 0 Å². The quantitative estimate of drug-likeness (QED) is 0.708. The third-order valence-electron chi connectivity index (χ3n) is 2.08. The first-order chi connectivity index (χ1) is 5.90. The van der Waals surface area contributed by atoms with Crippen LogP contribution in [0.3, 0.4) is 0 Å². The molecule has 1 N–H and O–H groups in total. The van der Waals surface area contributed by atoms with Gasteiger partial charge >= 0.3 is 0 Å². The zero-order chi connectivity index (χ0) is 8.39. The SMILES string of the molecule is OCc1coc(N2CCCC2)n1. The predicted molar refractivity (Wildman–Crippen MR) is 43.9 cm³/mol. The maximum absolute atomic E-state index is 8.75. The largest absolute Gasteiger partial charge is 0.432 e. The van der Waals surface area contributed by atoms with Gasteiger partial charge in [-0.3, -0.25) is 0 Å². The van der Waals surface area contributed by atoms with Gasteiger partial charge in [0.25, 0.3) is 6.01 Å². The van der Waals surface area contributed by atoms with Crippen LogP contribution < -0.4 is 4.90 Å². The third-order valence-corrected chi connectivity index (χ3v) is 2.08. The molecule has 4 heteroatoms. The number of oxazole rings is 1. The Bertz CT molecular complexity index is 253. The summed E-state index contributed by atoms with van der Waals surface area (Å²) in [6, 6.07) is 0.650. The van der Waals surface area contributed by atoms with Gasteiger partial charge in [0.1, 0.15) is 12.0 Å². The fourth-order valence-electron chi connectivity index (χ4n) is 1.42. The lowest BCUT2D eigenvalue weighted by Gasteiger charge is -2.10. The van der Waals surface area contributed by atoms with Crippen molar-refractivity contribution in [2.24, 2.45) is 0 Å². The van der Waals surface area contributed by atoms with Gasteiger partial charge in [-0.1, -0.05) is 0 Å². The highest BCUT2D eigenvalue weighted by Crippen LogP contribution is 2.18. The Labute approximate surface area is 70.8 Å². The van der Waals surface area contributed by atoms with Crippen molar-refractivity contribution in [3.8, 4) is 0 Å². The Kier molecular flexibility index (Phi) is 1.99. The lowest BCUT2D eigenvalue weighted by molar-refractivity contribution is 0.276. The number of aliphatic hydroxyl groups excluding tert-OH is 1. The first-order valence-corrected chi connectivity index (χ1v) is 4.20. The number of hydrogen-bond donors (Lipinski definition) is 1. The number of nitrogens with zero attached hydrogens (tertiary/aromatic N) is 2. The molecular weight excluding hydrogens is 156 g/mol. The van der Waals surface area contributed by atoms with Crippen molar-refractivity contribution in [2.75, 3.05) is 18.0 Å². The molecule has 0 radical (unpaired) electrons. The highest BCUT2D eigenvalue weighted by Gasteiger charge is 2.16. The fourth-order valence-corrected chi connectivity index (χ4v) is 1.42. The summed E-state index contributed by atoms with van der Waals surface area (Å²) in [7, 11) is 0. The third kappa shape index (κ3) is 1.30. The molecule has 0 amide bonds. The molecule has 0 saturated carbocycles. The number of hydrogen-bond acceptors (Lipinski definition) is 4. The van der Waals surface area contributed by atoms with E-state index in [1.165, 1.54) is 19.1 Å². The van der Waals surface area contributed by atoms with E-state index in [0.29, 0.717) is 11.7 Å². The molecular formula is C8H12N2O2. The van der Waals surface area contributed by atoms with E-state index < -0.39 is 0 Å². The molecule has 1 aliphatic heterocycles. The Balaban J connectivity index is 2.11. The molecule has 0 bridgehead atoms. The summed E-state index contributed by atoms with van der Waals surface area (Å²) >= 11 is 0.